The van der Waals surface area contributed by atoms with Gasteiger partial charge in [0.25, 0.3) is 0 Å². The molecular formula is C26H24N2O4. The summed E-state index contributed by atoms with van der Waals surface area (Å²) in [6, 6.07) is 15.4. The normalized spacial score (nSPS) is 12.2. The summed E-state index contributed by atoms with van der Waals surface area (Å²) in [6.07, 6.45) is 3.16. The minimum atomic E-state index is -0.692. The number of carbonyl (C=O) groups excluding carboxylic acids is 3. The zero-order valence-electron chi connectivity index (χ0n) is 18.0. The first-order valence-corrected chi connectivity index (χ1v) is 10.6. The van der Waals surface area contributed by atoms with Gasteiger partial charge in [-0.25, -0.2) is 4.79 Å². The van der Waals surface area contributed by atoms with Crippen molar-refractivity contribution in [3.63, 3.8) is 0 Å². The third-order valence-corrected chi connectivity index (χ3v) is 5.68. The van der Waals surface area contributed by atoms with Gasteiger partial charge in [0.1, 0.15) is 5.75 Å². The monoisotopic (exact) mass is 428 g/mol. The number of fused-ring (bicyclic) bond motifs is 2. The fourth-order valence-corrected chi connectivity index (χ4v) is 3.95. The molecule has 0 saturated heterocycles. The predicted octanol–water partition coefficient (Wildman–Crippen LogP) is 4.65. The number of carbonyl (C=O) groups is 3. The van der Waals surface area contributed by atoms with Crippen molar-refractivity contribution in [1.29, 1.82) is 0 Å². The van der Waals surface area contributed by atoms with Gasteiger partial charge in [0.15, 0.2) is 11.6 Å². The standard InChI is InChI=1S/C26H24N2O4/c1-3-4-7-15-10-12-16(13-11-15)32-26(31)19-14-20(28-2)21-22(23(19)27)25(30)18-9-6-5-8-17(18)24(21)29/h5-6,8-14,28H,3-4,7,27H2,1-2H3. The zero-order valence-corrected chi connectivity index (χ0v) is 18.0. The van der Waals surface area contributed by atoms with E-state index in [1.165, 1.54) is 11.6 Å². The Morgan fingerprint density at radius 1 is 0.969 bits per heavy atom. The van der Waals surface area contributed by atoms with Gasteiger partial charge in [0.2, 0.25) is 0 Å². The lowest BCUT2D eigenvalue weighted by Gasteiger charge is -2.23. The lowest BCUT2D eigenvalue weighted by molar-refractivity contribution is 0.0735. The van der Waals surface area contributed by atoms with Crippen LogP contribution in [0.15, 0.2) is 54.6 Å². The highest BCUT2D eigenvalue weighted by atomic mass is 16.5. The fraction of sp³-hybridized carbons (Fsp3) is 0.192. The van der Waals surface area contributed by atoms with E-state index in [1.54, 1.807) is 43.4 Å². The van der Waals surface area contributed by atoms with E-state index in [9.17, 15) is 14.4 Å². The number of hydrogen-bond acceptors (Lipinski definition) is 6. The van der Waals surface area contributed by atoms with Crippen LogP contribution in [0.3, 0.4) is 0 Å². The van der Waals surface area contributed by atoms with Gasteiger partial charge in [-0.15, -0.1) is 0 Å². The van der Waals surface area contributed by atoms with Gasteiger partial charge < -0.3 is 15.8 Å². The summed E-state index contributed by atoms with van der Waals surface area (Å²) < 4.78 is 5.52. The molecule has 0 unspecified atom stereocenters. The molecule has 0 heterocycles. The first-order chi connectivity index (χ1) is 15.5. The number of benzene rings is 3. The number of ether oxygens (including phenoxy) is 1. The van der Waals surface area contributed by atoms with Crippen LogP contribution in [0.2, 0.25) is 0 Å². The van der Waals surface area contributed by atoms with Gasteiger partial charge in [0, 0.05) is 23.9 Å². The molecule has 0 aliphatic heterocycles. The Morgan fingerprint density at radius 2 is 1.59 bits per heavy atom. The van der Waals surface area contributed by atoms with Crippen molar-refractivity contribution in [2.45, 2.75) is 26.2 Å². The maximum atomic E-state index is 13.2. The van der Waals surface area contributed by atoms with Crippen molar-refractivity contribution >= 4 is 28.9 Å². The number of nitrogens with one attached hydrogen (secondary N) is 1. The van der Waals surface area contributed by atoms with Gasteiger partial charge in [-0.1, -0.05) is 49.7 Å². The molecule has 0 amide bonds. The summed E-state index contributed by atoms with van der Waals surface area (Å²) in [4.78, 5) is 39.2. The van der Waals surface area contributed by atoms with E-state index in [0.717, 1.165) is 19.3 Å². The molecule has 1 aliphatic rings. The minimum absolute atomic E-state index is 0.0300. The van der Waals surface area contributed by atoms with Crippen molar-refractivity contribution < 1.29 is 19.1 Å². The number of anilines is 2. The number of nitrogens with two attached hydrogens (primary N) is 1. The average molecular weight is 428 g/mol. The van der Waals surface area contributed by atoms with E-state index in [4.69, 9.17) is 10.5 Å². The minimum Gasteiger partial charge on any atom is -0.423 e. The second kappa shape index (κ2) is 8.67. The summed E-state index contributed by atoms with van der Waals surface area (Å²) in [6.45, 7) is 2.13. The van der Waals surface area contributed by atoms with Crippen LogP contribution in [0.25, 0.3) is 0 Å². The van der Waals surface area contributed by atoms with Crippen LogP contribution < -0.4 is 15.8 Å². The van der Waals surface area contributed by atoms with Crippen LogP contribution in [0.1, 0.15) is 67.5 Å². The number of unbranched alkanes of at least 4 members (excludes halogenated alkanes) is 1. The molecule has 0 radical (unpaired) electrons. The lowest BCUT2D eigenvalue weighted by atomic mass is 9.81. The lowest BCUT2D eigenvalue weighted by Crippen LogP contribution is -2.25. The van der Waals surface area contributed by atoms with E-state index in [-0.39, 0.29) is 39.5 Å². The van der Waals surface area contributed by atoms with Crippen LogP contribution in [-0.4, -0.2) is 24.6 Å². The van der Waals surface area contributed by atoms with Crippen LogP contribution in [0.4, 0.5) is 11.4 Å². The molecule has 4 rings (SSSR count). The van der Waals surface area contributed by atoms with E-state index >= 15 is 0 Å². The molecule has 0 saturated carbocycles. The topological polar surface area (TPSA) is 98.5 Å². The molecule has 0 fully saturated rings. The summed E-state index contributed by atoms with van der Waals surface area (Å²) in [7, 11) is 1.62. The van der Waals surface area contributed by atoms with Crippen LogP contribution in [-0.2, 0) is 6.42 Å². The molecule has 0 bridgehead atoms. The van der Waals surface area contributed by atoms with Crippen LogP contribution >= 0.6 is 0 Å². The average Bonchev–Trinajstić information content (AvgIpc) is 2.81. The fourth-order valence-electron chi connectivity index (χ4n) is 3.95. The number of ketones is 2. The quantitative estimate of drug-likeness (QED) is 0.264. The first kappa shape index (κ1) is 21.3. The third-order valence-electron chi connectivity index (χ3n) is 5.68. The van der Waals surface area contributed by atoms with Crippen molar-refractivity contribution in [2.24, 2.45) is 0 Å². The van der Waals surface area contributed by atoms with E-state index in [0.29, 0.717) is 17.0 Å². The number of hydrogen-bond donors (Lipinski definition) is 2. The van der Waals surface area contributed by atoms with Crippen molar-refractivity contribution in [3.05, 3.63) is 88.0 Å². The number of aryl methyl sites for hydroxylation is 1. The summed E-state index contributed by atoms with van der Waals surface area (Å²) >= 11 is 0. The van der Waals surface area contributed by atoms with Crippen LogP contribution in [0.5, 0.6) is 5.75 Å². The van der Waals surface area contributed by atoms with Crippen molar-refractivity contribution in [3.8, 4) is 5.75 Å². The highest BCUT2D eigenvalue weighted by molar-refractivity contribution is 6.32. The Kier molecular flexibility index (Phi) is 5.77. The SMILES string of the molecule is CCCCc1ccc(OC(=O)c2cc(NC)c3c(c2N)C(=O)c2ccccc2C3=O)cc1. The van der Waals surface area contributed by atoms with E-state index in [1.807, 2.05) is 12.1 Å². The smallest absolute Gasteiger partial charge is 0.345 e. The molecule has 3 aromatic rings. The van der Waals surface area contributed by atoms with Gasteiger partial charge in [-0.3, -0.25) is 9.59 Å². The second-order valence-electron chi connectivity index (χ2n) is 7.73. The maximum absolute atomic E-state index is 13.2. The molecule has 1 aliphatic carbocycles. The third kappa shape index (κ3) is 3.64. The number of rotatable bonds is 6. The van der Waals surface area contributed by atoms with Crippen molar-refractivity contribution in [2.75, 3.05) is 18.1 Å². The molecule has 0 aromatic heterocycles. The highest BCUT2D eigenvalue weighted by Crippen LogP contribution is 2.37. The Hall–Kier alpha value is -3.93. The summed E-state index contributed by atoms with van der Waals surface area (Å²) in [5.41, 5.74) is 8.55. The molecule has 0 atom stereocenters. The molecule has 3 aromatic carbocycles. The molecule has 32 heavy (non-hydrogen) atoms. The Balaban J connectivity index is 1.71. The van der Waals surface area contributed by atoms with Gasteiger partial charge >= 0.3 is 5.97 Å². The Labute approximate surface area is 186 Å². The van der Waals surface area contributed by atoms with Crippen molar-refractivity contribution in [1.82, 2.24) is 0 Å². The molecule has 0 spiro atoms. The molecular weight excluding hydrogens is 404 g/mol. The predicted molar refractivity (Wildman–Crippen MR) is 124 cm³/mol. The molecule has 6 heteroatoms. The van der Waals surface area contributed by atoms with Gasteiger partial charge in [-0.05, 0) is 36.6 Å². The molecule has 6 nitrogen and oxygen atoms in total. The summed E-state index contributed by atoms with van der Waals surface area (Å²) in [5.74, 6) is -1.01. The molecule has 3 N–H and O–H groups in total. The Morgan fingerprint density at radius 3 is 2.19 bits per heavy atom. The van der Waals surface area contributed by atoms with Gasteiger partial charge in [-0.2, -0.15) is 0 Å². The highest BCUT2D eigenvalue weighted by Gasteiger charge is 2.35. The maximum Gasteiger partial charge on any atom is 0.345 e. The first-order valence-electron chi connectivity index (χ1n) is 10.6. The second-order valence-corrected chi connectivity index (χ2v) is 7.73. The number of esters is 1. The molecule has 162 valence electrons. The largest absolute Gasteiger partial charge is 0.423 e. The van der Waals surface area contributed by atoms with E-state index in [2.05, 4.69) is 12.2 Å². The Bertz CT molecular complexity index is 1230. The zero-order chi connectivity index (χ0) is 22.8. The number of nitrogen functional groups attached to an aromatic ring is 1. The van der Waals surface area contributed by atoms with Gasteiger partial charge in [0.05, 0.1) is 22.4 Å². The summed E-state index contributed by atoms with van der Waals surface area (Å²) in [5, 5.41) is 2.91. The van der Waals surface area contributed by atoms with E-state index < -0.39 is 5.97 Å². The van der Waals surface area contributed by atoms with Crippen LogP contribution in [0, 0.1) is 0 Å².